The molecule has 0 radical (unpaired) electrons. The van der Waals surface area contributed by atoms with E-state index >= 15 is 0 Å². The first-order chi connectivity index (χ1) is 12.5. The molecule has 0 N–H and O–H groups in total. The van der Waals surface area contributed by atoms with E-state index in [0.29, 0.717) is 16.5 Å². The lowest BCUT2D eigenvalue weighted by Gasteiger charge is -2.08. The first-order valence-electron chi connectivity index (χ1n) is 7.89. The van der Waals surface area contributed by atoms with Gasteiger partial charge in [-0.25, -0.2) is 4.98 Å². The fourth-order valence-corrected chi connectivity index (χ4v) is 4.24. The smallest absolute Gasteiger partial charge is 0.261 e. The second kappa shape index (κ2) is 6.78. The summed E-state index contributed by atoms with van der Waals surface area (Å²) in [5, 5.41) is 2.53. The molecule has 0 saturated carbocycles. The number of Topliss-reactive ketones (excluding diaryl/α,β-unsaturated/α-hetero) is 1. The Morgan fingerprint density at radius 3 is 2.58 bits per heavy atom. The van der Waals surface area contributed by atoms with E-state index < -0.39 is 0 Å². The minimum atomic E-state index is -0.244. The molecule has 1 heterocycles. The topological polar surface area (TPSA) is 52.0 Å². The third-order valence-electron chi connectivity index (χ3n) is 4.23. The van der Waals surface area contributed by atoms with Gasteiger partial charge in [0.2, 0.25) is 0 Å². The molecule has 0 atom stereocenters. The lowest BCUT2D eigenvalue weighted by molar-refractivity contribution is 0.0971. The van der Waals surface area contributed by atoms with Gasteiger partial charge in [0, 0.05) is 14.5 Å². The summed E-state index contributed by atoms with van der Waals surface area (Å²) in [6.45, 7) is -0.0513. The zero-order chi connectivity index (χ0) is 18.3. The number of hydrogen-bond donors (Lipinski definition) is 0. The monoisotopic (exact) mass is 470 g/mol. The van der Waals surface area contributed by atoms with E-state index in [4.69, 9.17) is 0 Å². The van der Waals surface area contributed by atoms with Gasteiger partial charge in [-0.3, -0.25) is 14.2 Å². The van der Waals surface area contributed by atoms with Gasteiger partial charge in [0.15, 0.2) is 5.78 Å². The normalized spacial score (nSPS) is 11.2. The molecular formula is C20H12Br2N2O2. The maximum absolute atomic E-state index is 12.7. The van der Waals surface area contributed by atoms with Crippen molar-refractivity contribution in [1.82, 2.24) is 9.55 Å². The van der Waals surface area contributed by atoms with Gasteiger partial charge in [-0.1, -0.05) is 52.3 Å². The summed E-state index contributed by atoms with van der Waals surface area (Å²) in [4.78, 5) is 29.7. The summed E-state index contributed by atoms with van der Waals surface area (Å²) in [5.74, 6) is -0.131. The van der Waals surface area contributed by atoms with Crippen LogP contribution in [0, 0.1) is 0 Å². The average molecular weight is 472 g/mol. The van der Waals surface area contributed by atoms with E-state index in [0.717, 1.165) is 19.7 Å². The molecule has 0 bridgehead atoms. The number of carbonyl (C=O) groups excluding carboxylic acids is 1. The molecule has 0 aliphatic rings. The highest BCUT2D eigenvalue weighted by atomic mass is 79.9. The zero-order valence-corrected chi connectivity index (χ0v) is 16.6. The number of carbonyl (C=O) groups is 1. The van der Waals surface area contributed by atoms with Crippen molar-refractivity contribution in [3.63, 3.8) is 0 Å². The van der Waals surface area contributed by atoms with Gasteiger partial charge >= 0.3 is 0 Å². The standard InChI is InChI=1S/C20H12Br2N2O2/c21-15-8-16-19(17(22)9-15)23-11-24(20(16)26)10-18(25)14-6-5-12-3-1-2-4-13(12)7-14/h1-9,11H,10H2. The zero-order valence-electron chi connectivity index (χ0n) is 13.4. The SMILES string of the molecule is O=C(Cn1cnc2c(Br)cc(Br)cc2c1=O)c1ccc2ccccc2c1. The number of rotatable bonds is 3. The summed E-state index contributed by atoms with van der Waals surface area (Å²) >= 11 is 6.79. The molecule has 0 unspecified atom stereocenters. The summed E-state index contributed by atoms with van der Waals surface area (Å²) < 4.78 is 2.85. The van der Waals surface area contributed by atoms with Crippen molar-refractivity contribution in [2.24, 2.45) is 0 Å². The van der Waals surface area contributed by atoms with Crippen molar-refractivity contribution < 1.29 is 4.79 Å². The molecule has 0 amide bonds. The third kappa shape index (κ3) is 3.10. The summed E-state index contributed by atoms with van der Waals surface area (Å²) in [6, 6.07) is 17.0. The summed E-state index contributed by atoms with van der Waals surface area (Å²) in [6.07, 6.45) is 1.42. The second-order valence-corrected chi connectivity index (χ2v) is 7.72. The van der Waals surface area contributed by atoms with Crippen molar-refractivity contribution in [2.75, 3.05) is 0 Å². The Hall–Kier alpha value is -2.31. The Morgan fingerprint density at radius 1 is 1.00 bits per heavy atom. The molecule has 4 nitrogen and oxygen atoms in total. The maximum atomic E-state index is 12.7. The van der Waals surface area contributed by atoms with Crippen LogP contribution in [0.4, 0.5) is 0 Å². The number of aromatic nitrogens is 2. The molecule has 0 aliphatic carbocycles. The molecule has 0 saturated heterocycles. The fraction of sp³-hybridized carbons (Fsp3) is 0.0500. The molecule has 0 spiro atoms. The molecule has 128 valence electrons. The van der Waals surface area contributed by atoms with Crippen molar-refractivity contribution in [1.29, 1.82) is 0 Å². The molecule has 4 aromatic rings. The Labute approximate surface area is 165 Å². The molecular weight excluding hydrogens is 460 g/mol. The van der Waals surface area contributed by atoms with E-state index in [1.54, 1.807) is 12.1 Å². The quantitative estimate of drug-likeness (QED) is 0.397. The van der Waals surface area contributed by atoms with Crippen LogP contribution in [0.2, 0.25) is 0 Å². The van der Waals surface area contributed by atoms with E-state index in [1.165, 1.54) is 10.9 Å². The number of fused-ring (bicyclic) bond motifs is 2. The Morgan fingerprint density at radius 2 is 1.77 bits per heavy atom. The van der Waals surface area contributed by atoms with E-state index in [2.05, 4.69) is 36.8 Å². The molecule has 0 aliphatic heterocycles. The lowest BCUT2D eigenvalue weighted by Crippen LogP contribution is -2.24. The van der Waals surface area contributed by atoms with Gasteiger partial charge in [0.1, 0.15) is 0 Å². The first-order valence-corrected chi connectivity index (χ1v) is 9.48. The van der Waals surface area contributed by atoms with Gasteiger partial charge in [0.05, 0.1) is 23.8 Å². The van der Waals surface area contributed by atoms with Gasteiger partial charge in [0.25, 0.3) is 5.56 Å². The molecule has 1 aromatic heterocycles. The van der Waals surface area contributed by atoms with Crippen LogP contribution >= 0.6 is 31.9 Å². The van der Waals surface area contributed by atoms with Crippen molar-refractivity contribution in [3.8, 4) is 0 Å². The second-order valence-electron chi connectivity index (χ2n) is 5.95. The number of halogens is 2. The fourth-order valence-electron chi connectivity index (χ4n) is 2.92. The van der Waals surface area contributed by atoms with Gasteiger partial charge < -0.3 is 0 Å². The molecule has 6 heteroatoms. The predicted molar refractivity (Wildman–Crippen MR) is 110 cm³/mol. The summed E-state index contributed by atoms with van der Waals surface area (Å²) in [5.41, 5.74) is 0.907. The van der Waals surface area contributed by atoms with Crippen LogP contribution in [0.1, 0.15) is 10.4 Å². The van der Waals surface area contributed by atoms with Crippen LogP contribution in [-0.2, 0) is 6.54 Å². The van der Waals surface area contributed by atoms with Gasteiger partial charge in [-0.2, -0.15) is 0 Å². The van der Waals surface area contributed by atoms with Crippen molar-refractivity contribution in [2.45, 2.75) is 6.54 Å². The average Bonchev–Trinajstić information content (AvgIpc) is 2.64. The van der Waals surface area contributed by atoms with Crippen molar-refractivity contribution >= 4 is 59.3 Å². The number of hydrogen-bond acceptors (Lipinski definition) is 3. The van der Waals surface area contributed by atoms with Crippen LogP contribution in [0.3, 0.4) is 0 Å². The highest BCUT2D eigenvalue weighted by Gasteiger charge is 2.12. The van der Waals surface area contributed by atoms with Gasteiger partial charge in [-0.05, 0) is 44.9 Å². The first kappa shape index (κ1) is 17.1. The number of ketones is 1. The molecule has 26 heavy (non-hydrogen) atoms. The van der Waals surface area contributed by atoms with Crippen LogP contribution in [-0.4, -0.2) is 15.3 Å². The minimum Gasteiger partial charge on any atom is -0.292 e. The van der Waals surface area contributed by atoms with Crippen LogP contribution in [0.15, 0.2) is 74.7 Å². The maximum Gasteiger partial charge on any atom is 0.261 e. The highest BCUT2D eigenvalue weighted by Crippen LogP contribution is 2.25. The Balaban J connectivity index is 1.73. The van der Waals surface area contributed by atoms with Crippen LogP contribution < -0.4 is 5.56 Å². The minimum absolute atomic E-state index is 0.0513. The lowest BCUT2D eigenvalue weighted by atomic mass is 10.0. The molecule has 3 aromatic carbocycles. The molecule has 0 fully saturated rings. The van der Waals surface area contributed by atoms with Crippen LogP contribution in [0.5, 0.6) is 0 Å². The Bertz CT molecular complexity index is 1230. The number of benzene rings is 3. The largest absolute Gasteiger partial charge is 0.292 e. The van der Waals surface area contributed by atoms with Gasteiger partial charge in [-0.15, -0.1) is 0 Å². The predicted octanol–water partition coefficient (Wildman–Crippen LogP) is 4.96. The van der Waals surface area contributed by atoms with E-state index in [1.807, 2.05) is 42.5 Å². The van der Waals surface area contributed by atoms with Crippen molar-refractivity contribution in [3.05, 3.63) is 85.8 Å². The van der Waals surface area contributed by atoms with E-state index in [9.17, 15) is 9.59 Å². The van der Waals surface area contributed by atoms with Crippen LogP contribution in [0.25, 0.3) is 21.7 Å². The third-order valence-corrected chi connectivity index (χ3v) is 5.29. The molecule has 4 rings (SSSR count). The van der Waals surface area contributed by atoms with E-state index in [-0.39, 0.29) is 17.9 Å². The highest BCUT2D eigenvalue weighted by molar-refractivity contribution is 9.11. The number of nitrogens with zero attached hydrogens (tertiary/aromatic N) is 2. The Kier molecular flexibility index (Phi) is 4.46. The summed E-state index contributed by atoms with van der Waals surface area (Å²) in [7, 11) is 0.